The molecule has 11 heteroatoms. The predicted molar refractivity (Wildman–Crippen MR) is 156 cm³/mol. The zero-order valence-corrected chi connectivity index (χ0v) is 24.9. The van der Waals surface area contributed by atoms with E-state index in [9.17, 15) is 15.2 Å². The largest absolute Gasteiger partial charge is 0.388 e. The number of fused-ring (bicyclic) bond motifs is 3. The molecule has 1 saturated carbocycles. The number of aliphatic hydroxyl groups is 1. The zero-order valence-electron chi connectivity index (χ0n) is 24.9. The average molecular weight is 573 g/mol. The van der Waals surface area contributed by atoms with Crippen molar-refractivity contribution in [1.29, 1.82) is 5.26 Å². The summed E-state index contributed by atoms with van der Waals surface area (Å²) in [6, 6.07) is 2.56. The van der Waals surface area contributed by atoms with Crippen LogP contribution in [-0.2, 0) is 16.6 Å². The van der Waals surface area contributed by atoms with E-state index in [2.05, 4.69) is 35.0 Å². The van der Waals surface area contributed by atoms with Gasteiger partial charge in [0.2, 0.25) is 0 Å². The Morgan fingerprint density at radius 3 is 2.67 bits per heavy atom. The highest BCUT2D eigenvalue weighted by molar-refractivity contribution is 5.94. The van der Waals surface area contributed by atoms with Gasteiger partial charge in [-0.3, -0.25) is 4.79 Å². The van der Waals surface area contributed by atoms with Crippen LogP contribution in [-0.4, -0.2) is 79.0 Å². The van der Waals surface area contributed by atoms with E-state index in [1.54, 1.807) is 0 Å². The number of rotatable bonds is 4. The number of likely N-dealkylation sites (tertiary alicyclic amines) is 1. The molecular formula is C31H40N8O3. The average Bonchev–Trinajstić information content (AvgIpc) is 3.70. The smallest absolute Gasteiger partial charge is 0.186 e. The second-order valence-electron chi connectivity index (χ2n) is 13.3. The Kier molecular flexibility index (Phi) is 6.62. The van der Waals surface area contributed by atoms with Crippen LogP contribution in [0.4, 0.5) is 5.82 Å². The molecule has 3 fully saturated rings. The first-order chi connectivity index (χ1) is 20.2. The number of hydrogen-bond donors (Lipinski definition) is 1. The van der Waals surface area contributed by atoms with Crippen LogP contribution in [0, 0.1) is 11.3 Å². The lowest BCUT2D eigenvalue weighted by Crippen LogP contribution is -2.46. The van der Waals surface area contributed by atoms with Gasteiger partial charge in [0, 0.05) is 31.1 Å². The van der Waals surface area contributed by atoms with Gasteiger partial charge in [-0.1, -0.05) is 11.6 Å². The van der Waals surface area contributed by atoms with E-state index in [1.165, 1.54) is 0 Å². The molecule has 11 nitrogen and oxygen atoms in total. The number of hydrogen-bond acceptors (Lipinski definition) is 10. The van der Waals surface area contributed by atoms with Gasteiger partial charge in [0.15, 0.2) is 28.6 Å². The molecule has 1 N–H and O–H groups in total. The van der Waals surface area contributed by atoms with Crippen LogP contribution < -0.4 is 4.90 Å². The van der Waals surface area contributed by atoms with E-state index < -0.39 is 11.0 Å². The predicted octanol–water partition coefficient (Wildman–Crippen LogP) is 4.08. The molecule has 7 rings (SSSR count). The Hall–Kier alpha value is -3.36. The summed E-state index contributed by atoms with van der Waals surface area (Å²) in [5.41, 5.74) is 0.930. The lowest BCUT2D eigenvalue weighted by Gasteiger charge is -2.38. The lowest BCUT2D eigenvalue weighted by molar-refractivity contribution is -0.128. The first-order valence-corrected chi connectivity index (χ1v) is 15.6. The van der Waals surface area contributed by atoms with Gasteiger partial charge < -0.3 is 19.4 Å². The number of ketones is 1. The number of β-amino-alcohol motifs (C(OH)–C–C–N with tert-alkyl or cyclic N) is 1. The summed E-state index contributed by atoms with van der Waals surface area (Å²) in [6.07, 6.45) is 9.43. The molecule has 42 heavy (non-hydrogen) atoms. The van der Waals surface area contributed by atoms with Crippen molar-refractivity contribution in [2.45, 2.75) is 108 Å². The van der Waals surface area contributed by atoms with Crippen molar-refractivity contribution in [3.05, 3.63) is 17.0 Å². The third-order valence-corrected chi connectivity index (χ3v) is 10.4. The maximum atomic E-state index is 13.3. The van der Waals surface area contributed by atoms with Gasteiger partial charge in [0.1, 0.15) is 17.7 Å². The highest BCUT2D eigenvalue weighted by Crippen LogP contribution is 2.48. The monoisotopic (exact) mass is 572 g/mol. The molecule has 3 aromatic rings. The molecule has 3 aromatic heterocycles. The van der Waals surface area contributed by atoms with Gasteiger partial charge in [-0.25, -0.2) is 14.6 Å². The number of carbonyl (C=O) groups excluding carboxylic acids is 1. The van der Waals surface area contributed by atoms with Crippen LogP contribution in [0.15, 0.2) is 4.52 Å². The van der Waals surface area contributed by atoms with E-state index in [4.69, 9.17) is 19.6 Å². The summed E-state index contributed by atoms with van der Waals surface area (Å²) in [5.74, 6) is 1.98. The number of aromatic nitrogens is 5. The summed E-state index contributed by atoms with van der Waals surface area (Å²) in [5, 5.41) is 31.2. The molecule has 222 valence electrons. The van der Waals surface area contributed by atoms with Crippen molar-refractivity contribution >= 4 is 22.6 Å². The van der Waals surface area contributed by atoms with Crippen molar-refractivity contribution in [3.8, 4) is 17.6 Å². The van der Waals surface area contributed by atoms with Crippen LogP contribution >= 0.6 is 0 Å². The van der Waals surface area contributed by atoms with Crippen molar-refractivity contribution in [2.75, 3.05) is 31.6 Å². The van der Waals surface area contributed by atoms with Gasteiger partial charge in [-0.15, -0.1) is 0 Å². The fourth-order valence-corrected chi connectivity index (χ4v) is 8.20. The first kappa shape index (κ1) is 27.5. The highest BCUT2D eigenvalue weighted by Gasteiger charge is 2.48. The number of piperidine rings is 1. The van der Waals surface area contributed by atoms with Crippen LogP contribution in [0.25, 0.3) is 22.6 Å². The number of carbonyl (C=O) groups is 1. The molecule has 2 aliphatic heterocycles. The molecule has 4 atom stereocenters. The standard InChI is InChI=1S/C31H40N8O3/c1-19(22-10-7-15-37(22)3)39-29-24(21(17-32)35-39)28(38-16-8-12-30(2,41)18-38)33-27(34-29)25-20-9-6-14-31(26(20)42-36-25)13-5-4-11-23(31)40/h19,22,41H,4-16,18H2,1-3H3/t19-,22-,30+,31+/m0/s1. The van der Waals surface area contributed by atoms with E-state index in [0.717, 1.165) is 69.9 Å². The lowest BCUT2D eigenvalue weighted by atomic mass is 9.64. The maximum Gasteiger partial charge on any atom is 0.186 e. The van der Waals surface area contributed by atoms with Crippen molar-refractivity contribution in [2.24, 2.45) is 0 Å². The molecule has 0 aromatic carbocycles. The Morgan fingerprint density at radius 2 is 1.93 bits per heavy atom. The second kappa shape index (κ2) is 10.1. The molecule has 0 radical (unpaired) electrons. The van der Waals surface area contributed by atoms with Crippen LogP contribution in [0.2, 0.25) is 0 Å². The van der Waals surface area contributed by atoms with E-state index in [-0.39, 0.29) is 17.9 Å². The Bertz CT molecular complexity index is 1580. The van der Waals surface area contributed by atoms with Gasteiger partial charge in [0.05, 0.1) is 22.4 Å². The summed E-state index contributed by atoms with van der Waals surface area (Å²) >= 11 is 0. The maximum absolute atomic E-state index is 13.3. The Labute approximate surface area is 245 Å². The number of nitrogens with zero attached hydrogens (tertiary/aromatic N) is 8. The summed E-state index contributed by atoms with van der Waals surface area (Å²) < 4.78 is 7.95. The number of nitriles is 1. The van der Waals surface area contributed by atoms with Gasteiger partial charge in [-0.2, -0.15) is 10.4 Å². The summed E-state index contributed by atoms with van der Waals surface area (Å²) in [4.78, 5) is 27.9. The minimum absolute atomic E-state index is 0.0171. The number of Topliss-reactive ketones (excluding diaryl/α,β-unsaturated/α-hetero) is 1. The molecule has 0 amide bonds. The highest BCUT2D eigenvalue weighted by atomic mass is 16.5. The van der Waals surface area contributed by atoms with Gasteiger partial charge in [-0.05, 0) is 85.2 Å². The quantitative estimate of drug-likeness (QED) is 0.487. The van der Waals surface area contributed by atoms with Crippen LogP contribution in [0.5, 0.6) is 0 Å². The molecule has 5 heterocycles. The minimum atomic E-state index is -0.876. The molecular weight excluding hydrogens is 532 g/mol. The molecule has 4 aliphatic rings. The zero-order chi connectivity index (χ0) is 29.2. The van der Waals surface area contributed by atoms with Crippen molar-refractivity contribution in [1.82, 2.24) is 29.8 Å². The van der Waals surface area contributed by atoms with Gasteiger partial charge in [0.25, 0.3) is 0 Å². The van der Waals surface area contributed by atoms with Gasteiger partial charge >= 0.3 is 0 Å². The number of anilines is 1. The third-order valence-electron chi connectivity index (χ3n) is 10.4. The topological polar surface area (TPSA) is 137 Å². The molecule has 1 spiro atoms. The van der Waals surface area contributed by atoms with E-state index in [0.29, 0.717) is 65.8 Å². The molecule has 2 aliphatic carbocycles. The number of likely N-dealkylation sites (N-methyl/N-ethyl adjacent to an activating group) is 1. The summed E-state index contributed by atoms with van der Waals surface area (Å²) in [6.45, 7) is 6.11. The fourth-order valence-electron chi connectivity index (χ4n) is 8.20. The molecule has 0 bridgehead atoms. The normalized spacial score (nSPS) is 29.3. The van der Waals surface area contributed by atoms with Crippen LogP contribution in [0.3, 0.4) is 0 Å². The first-order valence-electron chi connectivity index (χ1n) is 15.6. The third kappa shape index (κ3) is 4.25. The van der Waals surface area contributed by atoms with Crippen molar-refractivity contribution in [3.63, 3.8) is 0 Å². The van der Waals surface area contributed by atoms with Crippen LogP contribution in [0.1, 0.15) is 101 Å². The second-order valence-corrected chi connectivity index (χ2v) is 13.3. The van der Waals surface area contributed by atoms with E-state index in [1.807, 2.05) is 11.6 Å². The molecule has 0 unspecified atom stereocenters. The molecule has 2 saturated heterocycles. The minimum Gasteiger partial charge on any atom is -0.388 e. The Morgan fingerprint density at radius 1 is 1.10 bits per heavy atom. The Balaban J connectivity index is 1.43. The fraction of sp³-hybridized carbons (Fsp3) is 0.677. The SMILES string of the molecule is C[C@@H]([C@@H]1CCCN1C)n1nc(C#N)c2c(N3CCC[C@@](C)(O)C3)nc(-c3noc4c3CCC[C@@]43CCCCC3=O)nc21. The summed E-state index contributed by atoms with van der Waals surface area (Å²) in [7, 11) is 2.14. The van der Waals surface area contributed by atoms with Crippen molar-refractivity contribution < 1.29 is 14.4 Å². The van der Waals surface area contributed by atoms with E-state index >= 15 is 0 Å².